The number of carboxylic acid groups (broad SMARTS) is 1. The lowest BCUT2D eigenvalue weighted by molar-refractivity contribution is 0.139. The van der Waals surface area contributed by atoms with Crippen molar-refractivity contribution in [2.75, 3.05) is 13.2 Å². The summed E-state index contributed by atoms with van der Waals surface area (Å²) in [6.45, 7) is 5.14. The molecular formula is C12H14O5. The third-order valence-corrected chi connectivity index (χ3v) is 2.36. The maximum atomic E-state index is 10.4. The van der Waals surface area contributed by atoms with E-state index in [1.807, 2.05) is 13.8 Å². The normalized spacial score (nSPS) is 17.1. The number of ether oxygens (including phenoxy) is 3. The number of hydrogen-bond donors (Lipinski definition) is 1. The molecule has 1 N–H and O–H groups in total. The van der Waals surface area contributed by atoms with Gasteiger partial charge in [-0.3, -0.25) is 0 Å². The fourth-order valence-electron chi connectivity index (χ4n) is 1.47. The predicted octanol–water partition coefficient (Wildman–Crippen LogP) is 2.54. The molecule has 1 aliphatic heterocycles. The number of hydrogen-bond acceptors (Lipinski definition) is 4. The third kappa shape index (κ3) is 2.81. The lowest BCUT2D eigenvalue weighted by atomic mass is 9.97. The van der Waals surface area contributed by atoms with E-state index in [9.17, 15) is 4.79 Å². The molecule has 0 atom stereocenters. The molecular weight excluding hydrogens is 224 g/mol. The average molecular weight is 238 g/mol. The van der Waals surface area contributed by atoms with Gasteiger partial charge >= 0.3 is 6.16 Å². The maximum Gasteiger partial charge on any atom is 0.511 e. The minimum atomic E-state index is -1.35. The van der Waals surface area contributed by atoms with E-state index in [4.69, 9.17) is 14.6 Å². The van der Waals surface area contributed by atoms with E-state index in [1.165, 1.54) is 12.1 Å². The van der Waals surface area contributed by atoms with Gasteiger partial charge in [-0.2, -0.15) is 0 Å². The standard InChI is InChI=1S/C12H14O5/c1-12(2)6-15-9-4-3-8(17-11(13)14)5-10(9)16-7-12/h3-5H,6-7H2,1-2H3,(H,13,14). The van der Waals surface area contributed by atoms with Gasteiger partial charge in [-0.15, -0.1) is 0 Å². The number of rotatable bonds is 1. The van der Waals surface area contributed by atoms with Crippen molar-refractivity contribution in [3.8, 4) is 17.2 Å². The first kappa shape index (κ1) is 11.6. The van der Waals surface area contributed by atoms with Gasteiger partial charge in [0.1, 0.15) is 5.75 Å². The summed E-state index contributed by atoms with van der Waals surface area (Å²) in [4.78, 5) is 10.4. The Labute approximate surface area is 98.9 Å². The van der Waals surface area contributed by atoms with Crippen LogP contribution in [0.4, 0.5) is 4.79 Å². The van der Waals surface area contributed by atoms with Gasteiger partial charge < -0.3 is 19.3 Å². The summed E-state index contributed by atoms with van der Waals surface area (Å²) in [6, 6.07) is 4.70. The molecule has 0 spiro atoms. The molecule has 1 aliphatic rings. The highest BCUT2D eigenvalue weighted by Gasteiger charge is 2.25. The van der Waals surface area contributed by atoms with E-state index in [-0.39, 0.29) is 11.2 Å². The summed E-state index contributed by atoms with van der Waals surface area (Å²) in [5.74, 6) is 1.34. The number of fused-ring (bicyclic) bond motifs is 1. The zero-order chi connectivity index (χ0) is 12.5. The molecule has 0 saturated carbocycles. The molecule has 1 heterocycles. The molecule has 1 aromatic rings. The van der Waals surface area contributed by atoms with E-state index in [0.717, 1.165) is 0 Å². The Morgan fingerprint density at radius 2 is 1.94 bits per heavy atom. The maximum absolute atomic E-state index is 10.4. The van der Waals surface area contributed by atoms with Crippen molar-refractivity contribution >= 4 is 6.16 Å². The van der Waals surface area contributed by atoms with Crippen LogP contribution in [0.5, 0.6) is 17.2 Å². The Kier molecular flexibility index (Phi) is 2.83. The molecule has 1 aromatic carbocycles. The van der Waals surface area contributed by atoms with E-state index >= 15 is 0 Å². The minimum Gasteiger partial charge on any atom is -0.489 e. The van der Waals surface area contributed by atoms with Crippen molar-refractivity contribution in [1.29, 1.82) is 0 Å². The molecule has 0 radical (unpaired) electrons. The van der Waals surface area contributed by atoms with Crippen LogP contribution in [-0.2, 0) is 0 Å². The minimum absolute atomic E-state index is 0.0765. The van der Waals surface area contributed by atoms with Gasteiger partial charge in [-0.1, -0.05) is 13.8 Å². The largest absolute Gasteiger partial charge is 0.511 e. The lowest BCUT2D eigenvalue weighted by Crippen LogP contribution is -2.26. The fourth-order valence-corrected chi connectivity index (χ4v) is 1.47. The quantitative estimate of drug-likeness (QED) is 0.601. The van der Waals surface area contributed by atoms with E-state index < -0.39 is 6.16 Å². The number of carbonyl (C=O) groups is 1. The van der Waals surface area contributed by atoms with Crippen molar-refractivity contribution in [2.24, 2.45) is 5.41 Å². The van der Waals surface area contributed by atoms with Crippen LogP contribution in [0.3, 0.4) is 0 Å². The van der Waals surface area contributed by atoms with Gasteiger partial charge in [-0.25, -0.2) is 4.79 Å². The van der Waals surface area contributed by atoms with E-state index in [2.05, 4.69) is 4.74 Å². The van der Waals surface area contributed by atoms with Crippen molar-refractivity contribution in [2.45, 2.75) is 13.8 Å². The average Bonchev–Trinajstić information content (AvgIpc) is 2.38. The fraction of sp³-hybridized carbons (Fsp3) is 0.417. The van der Waals surface area contributed by atoms with Gasteiger partial charge in [0.05, 0.1) is 13.2 Å². The Bertz CT molecular complexity index is 439. The topological polar surface area (TPSA) is 65.0 Å². The monoisotopic (exact) mass is 238 g/mol. The second-order valence-electron chi connectivity index (χ2n) is 4.72. The number of benzene rings is 1. The molecule has 0 aliphatic carbocycles. The summed E-state index contributed by atoms with van der Waals surface area (Å²) in [5.41, 5.74) is -0.0765. The lowest BCUT2D eigenvalue weighted by Gasteiger charge is -2.19. The van der Waals surface area contributed by atoms with Crippen LogP contribution in [0, 0.1) is 5.41 Å². The van der Waals surface area contributed by atoms with E-state index in [1.54, 1.807) is 6.07 Å². The second-order valence-corrected chi connectivity index (χ2v) is 4.72. The zero-order valence-corrected chi connectivity index (χ0v) is 9.73. The van der Waals surface area contributed by atoms with Crippen molar-refractivity contribution in [3.05, 3.63) is 18.2 Å². The summed E-state index contributed by atoms with van der Waals surface area (Å²) < 4.78 is 15.7. The van der Waals surface area contributed by atoms with Crippen LogP contribution in [0.1, 0.15) is 13.8 Å². The first-order valence-electron chi connectivity index (χ1n) is 5.27. The second kappa shape index (κ2) is 4.16. The molecule has 0 bridgehead atoms. The zero-order valence-electron chi connectivity index (χ0n) is 9.73. The Balaban J connectivity index is 2.22. The van der Waals surface area contributed by atoms with Crippen LogP contribution in [0.15, 0.2) is 18.2 Å². The summed E-state index contributed by atoms with van der Waals surface area (Å²) in [5, 5.41) is 8.52. The van der Waals surface area contributed by atoms with Crippen molar-refractivity contribution in [3.63, 3.8) is 0 Å². The summed E-state index contributed by atoms with van der Waals surface area (Å²) in [7, 11) is 0. The van der Waals surface area contributed by atoms with Gasteiger partial charge in [0, 0.05) is 11.5 Å². The molecule has 0 unspecified atom stereocenters. The molecule has 2 rings (SSSR count). The molecule has 0 aromatic heterocycles. The highest BCUT2D eigenvalue weighted by Crippen LogP contribution is 2.36. The van der Waals surface area contributed by atoms with Crippen molar-refractivity contribution in [1.82, 2.24) is 0 Å². The molecule has 17 heavy (non-hydrogen) atoms. The SMILES string of the molecule is CC1(C)COc2ccc(OC(=O)O)cc2OC1. The molecule has 5 nitrogen and oxygen atoms in total. The smallest absolute Gasteiger partial charge is 0.489 e. The molecule has 0 saturated heterocycles. The third-order valence-electron chi connectivity index (χ3n) is 2.36. The predicted molar refractivity (Wildman–Crippen MR) is 59.9 cm³/mol. The van der Waals surface area contributed by atoms with Crippen LogP contribution in [0.2, 0.25) is 0 Å². The van der Waals surface area contributed by atoms with Gasteiger partial charge in [0.15, 0.2) is 11.5 Å². The molecule has 92 valence electrons. The van der Waals surface area contributed by atoms with Gasteiger partial charge in [0.25, 0.3) is 0 Å². The highest BCUT2D eigenvalue weighted by molar-refractivity contribution is 5.62. The first-order chi connectivity index (χ1) is 7.96. The van der Waals surface area contributed by atoms with Crippen LogP contribution in [0.25, 0.3) is 0 Å². The van der Waals surface area contributed by atoms with Crippen molar-refractivity contribution < 1.29 is 24.1 Å². The Hall–Kier alpha value is -1.91. The van der Waals surface area contributed by atoms with Crippen LogP contribution < -0.4 is 14.2 Å². The molecule has 0 amide bonds. The summed E-state index contributed by atoms with van der Waals surface area (Å²) in [6.07, 6.45) is -1.35. The highest BCUT2D eigenvalue weighted by atomic mass is 16.7. The van der Waals surface area contributed by atoms with Gasteiger partial charge in [-0.05, 0) is 12.1 Å². The molecule has 0 fully saturated rings. The van der Waals surface area contributed by atoms with Crippen LogP contribution in [-0.4, -0.2) is 24.5 Å². The summed E-state index contributed by atoms with van der Waals surface area (Å²) >= 11 is 0. The Morgan fingerprint density at radius 3 is 2.59 bits per heavy atom. The van der Waals surface area contributed by atoms with Gasteiger partial charge in [0.2, 0.25) is 0 Å². The molecule has 5 heteroatoms. The van der Waals surface area contributed by atoms with Crippen LogP contribution >= 0.6 is 0 Å². The first-order valence-corrected chi connectivity index (χ1v) is 5.27. The Morgan fingerprint density at radius 1 is 1.29 bits per heavy atom. The van der Waals surface area contributed by atoms with E-state index in [0.29, 0.717) is 24.7 Å².